The number of fused-ring (bicyclic) bond motifs is 1. The molecule has 6 heteroatoms. The smallest absolute Gasteiger partial charge is 0.220 e. The number of carbonyl (C=O) groups is 2. The van der Waals surface area contributed by atoms with Crippen LogP contribution in [0, 0.1) is 5.82 Å². The second-order valence-electron chi connectivity index (χ2n) is 6.83. The quantitative estimate of drug-likeness (QED) is 0.767. The van der Waals surface area contributed by atoms with Crippen molar-refractivity contribution in [3.05, 3.63) is 35.6 Å². The molecule has 0 aliphatic carbocycles. The molecule has 2 aliphatic rings. The summed E-state index contributed by atoms with van der Waals surface area (Å²) in [5.74, 6) is -0.483. The van der Waals surface area contributed by atoms with Crippen molar-refractivity contribution in [3.63, 3.8) is 0 Å². The molecule has 1 amide bonds. The maximum absolute atomic E-state index is 12.8. The summed E-state index contributed by atoms with van der Waals surface area (Å²) in [6.45, 7) is 3.29. The monoisotopic (exact) mass is 348 g/mol. The van der Waals surface area contributed by atoms with E-state index in [2.05, 4.69) is 10.2 Å². The summed E-state index contributed by atoms with van der Waals surface area (Å²) in [5, 5.41) is 2.90. The zero-order valence-electron chi connectivity index (χ0n) is 14.4. The lowest BCUT2D eigenvalue weighted by molar-refractivity contribution is -0.122. The van der Waals surface area contributed by atoms with Crippen LogP contribution in [0.5, 0.6) is 0 Å². The lowest BCUT2D eigenvalue weighted by Crippen LogP contribution is -2.50. The van der Waals surface area contributed by atoms with Gasteiger partial charge < -0.3 is 10.1 Å². The van der Waals surface area contributed by atoms with Crippen molar-refractivity contribution < 1.29 is 18.7 Å². The van der Waals surface area contributed by atoms with Crippen molar-refractivity contribution in [2.75, 3.05) is 26.2 Å². The Hall–Kier alpha value is -1.79. The summed E-state index contributed by atoms with van der Waals surface area (Å²) in [5.41, 5.74) is 0.484. The van der Waals surface area contributed by atoms with E-state index < -0.39 is 0 Å². The lowest BCUT2D eigenvalue weighted by atomic mass is 10.1. The molecule has 2 heterocycles. The van der Waals surface area contributed by atoms with Gasteiger partial charge in [0, 0.05) is 37.5 Å². The predicted molar refractivity (Wildman–Crippen MR) is 91.9 cm³/mol. The highest BCUT2D eigenvalue weighted by Crippen LogP contribution is 2.22. The van der Waals surface area contributed by atoms with Crippen LogP contribution in [-0.2, 0) is 9.53 Å². The number of Topliss-reactive ketones (excluding diaryl/α,β-unsaturated/α-hetero) is 1. The standard InChI is InChI=1S/C19H25FN2O3/c20-15-8-6-14(7-9-15)18(23)4-1-5-19(24)21-11-17-12-22-10-2-3-16(22)13-25-17/h6-9,16-17H,1-5,10-13H2,(H,21,24)/t16-,17-/m1/s1. The summed E-state index contributed by atoms with van der Waals surface area (Å²) in [6, 6.07) is 6.06. The number of morpholine rings is 1. The number of rotatable bonds is 7. The first-order chi connectivity index (χ1) is 12.1. The highest BCUT2D eigenvalue weighted by atomic mass is 19.1. The summed E-state index contributed by atoms with van der Waals surface area (Å²) < 4.78 is 18.7. The van der Waals surface area contributed by atoms with Crippen LogP contribution >= 0.6 is 0 Å². The van der Waals surface area contributed by atoms with Gasteiger partial charge in [-0.25, -0.2) is 4.39 Å². The van der Waals surface area contributed by atoms with Crippen LogP contribution in [0.15, 0.2) is 24.3 Å². The van der Waals surface area contributed by atoms with Crippen LogP contribution in [0.2, 0.25) is 0 Å². The number of ketones is 1. The van der Waals surface area contributed by atoms with Gasteiger partial charge >= 0.3 is 0 Å². The molecule has 0 aromatic heterocycles. The van der Waals surface area contributed by atoms with Crippen molar-refractivity contribution >= 4 is 11.7 Å². The normalized spacial score (nSPS) is 23.2. The van der Waals surface area contributed by atoms with Gasteiger partial charge in [-0.2, -0.15) is 0 Å². The van der Waals surface area contributed by atoms with E-state index in [9.17, 15) is 14.0 Å². The average molecular weight is 348 g/mol. The minimum atomic E-state index is -0.360. The molecule has 0 saturated carbocycles. The molecule has 2 atom stereocenters. The Bertz CT molecular complexity index is 605. The lowest BCUT2D eigenvalue weighted by Gasteiger charge is -2.35. The molecule has 0 radical (unpaired) electrons. The van der Waals surface area contributed by atoms with Gasteiger partial charge in [0.2, 0.25) is 5.91 Å². The molecule has 0 unspecified atom stereocenters. The minimum absolute atomic E-state index is 0.0548. The number of ether oxygens (including phenoxy) is 1. The highest BCUT2D eigenvalue weighted by molar-refractivity contribution is 5.96. The molecule has 0 bridgehead atoms. The molecule has 136 valence electrons. The van der Waals surface area contributed by atoms with Gasteiger partial charge in [-0.1, -0.05) is 0 Å². The molecule has 2 fully saturated rings. The first-order valence-electron chi connectivity index (χ1n) is 9.03. The van der Waals surface area contributed by atoms with Gasteiger partial charge in [0.1, 0.15) is 5.82 Å². The van der Waals surface area contributed by atoms with Gasteiger partial charge in [0.15, 0.2) is 5.78 Å². The molecule has 25 heavy (non-hydrogen) atoms. The van der Waals surface area contributed by atoms with Gasteiger partial charge in [0.25, 0.3) is 0 Å². The summed E-state index contributed by atoms with van der Waals surface area (Å²) in [6.07, 6.45) is 3.58. The molecule has 2 saturated heterocycles. The first-order valence-corrected chi connectivity index (χ1v) is 9.03. The van der Waals surface area contributed by atoms with Crippen molar-refractivity contribution in [2.45, 2.75) is 44.2 Å². The fraction of sp³-hybridized carbons (Fsp3) is 0.579. The Balaban J connectivity index is 1.31. The Kier molecular flexibility index (Phi) is 6.15. The highest BCUT2D eigenvalue weighted by Gasteiger charge is 2.32. The van der Waals surface area contributed by atoms with Crippen molar-refractivity contribution in [1.82, 2.24) is 10.2 Å². The van der Waals surface area contributed by atoms with Crippen molar-refractivity contribution in [2.24, 2.45) is 0 Å². The van der Waals surface area contributed by atoms with E-state index >= 15 is 0 Å². The number of amides is 1. The summed E-state index contributed by atoms with van der Waals surface area (Å²) in [4.78, 5) is 26.3. The molecule has 1 aromatic carbocycles. The molecular weight excluding hydrogens is 323 g/mol. The minimum Gasteiger partial charge on any atom is -0.373 e. The first kappa shape index (κ1) is 18.0. The number of hydrogen-bond donors (Lipinski definition) is 1. The van der Waals surface area contributed by atoms with Crippen molar-refractivity contribution in [1.29, 1.82) is 0 Å². The second-order valence-corrected chi connectivity index (χ2v) is 6.83. The van der Waals surface area contributed by atoms with Crippen LogP contribution < -0.4 is 5.32 Å². The molecule has 5 nitrogen and oxygen atoms in total. The van der Waals surface area contributed by atoms with Crippen molar-refractivity contribution in [3.8, 4) is 0 Å². The third kappa shape index (κ3) is 5.09. The van der Waals surface area contributed by atoms with Gasteiger partial charge in [-0.3, -0.25) is 14.5 Å². The third-order valence-electron chi connectivity index (χ3n) is 4.96. The fourth-order valence-electron chi connectivity index (χ4n) is 3.51. The van der Waals surface area contributed by atoms with Crippen LogP contribution in [0.4, 0.5) is 4.39 Å². The summed E-state index contributed by atoms with van der Waals surface area (Å²) >= 11 is 0. The molecule has 1 N–H and O–H groups in total. The van der Waals surface area contributed by atoms with Crippen LogP contribution in [0.1, 0.15) is 42.5 Å². The Morgan fingerprint density at radius 3 is 2.84 bits per heavy atom. The number of nitrogens with one attached hydrogen (secondary N) is 1. The number of nitrogens with zero attached hydrogens (tertiary/aromatic N) is 1. The number of carbonyl (C=O) groups excluding carboxylic acids is 2. The van der Waals surface area contributed by atoms with E-state index in [-0.39, 0.29) is 30.0 Å². The van der Waals surface area contributed by atoms with E-state index in [1.165, 1.54) is 37.1 Å². The predicted octanol–water partition coefficient (Wildman–Crippen LogP) is 2.16. The van der Waals surface area contributed by atoms with Gasteiger partial charge in [-0.15, -0.1) is 0 Å². The molecular formula is C19H25FN2O3. The van der Waals surface area contributed by atoms with Gasteiger partial charge in [-0.05, 0) is 50.1 Å². The Labute approximate surface area is 147 Å². The average Bonchev–Trinajstić information content (AvgIpc) is 3.08. The second kappa shape index (κ2) is 8.54. The van der Waals surface area contributed by atoms with E-state index in [1.807, 2.05) is 0 Å². The Morgan fingerprint density at radius 2 is 2.04 bits per heavy atom. The number of benzene rings is 1. The van der Waals surface area contributed by atoms with Gasteiger partial charge in [0.05, 0.1) is 12.7 Å². The molecule has 3 rings (SSSR count). The van der Waals surface area contributed by atoms with E-state index in [4.69, 9.17) is 4.74 Å². The largest absolute Gasteiger partial charge is 0.373 e. The fourth-order valence-corrected chi connectivity index (χ4v) is 3.51. The van der Waals surface area contributed by atoms with E-state index in [0.29, 0.717) is 31.0 Å². The van der Waals surface area contributed by atoms with E-state index in [1.54, 1.807) is 0 Å². The van der Waals surface area contributed by atoms with Crippen LogP contribution in [-0.4, -0.2) is 55.0 Å². The number of hydrogen-bond acceptors (Lipinski definition) is 4. The third-order valence-corrected chi connectivity index (χ3v) is 4.96. The summed E-state index contributed by atoms with van der Waals surface area (Å²) in [7, 11) is 0. The number of halogens is 1. The zero-order chi connectivity index (χ0) is 17.6. The molecule has 0 spiro atoms. The molecule has 2 aliphatic heterocycles. The Morgan fingerprint density at radius 1 is 1.24 bits per heavy atom. The molecule has 1 aromatic rings. The SMILES string of the molecule is O=C(CCCC(=O)c1ccc(F)cc1)NC[C@@H]1CN2CCC[C@@H]2CO1. The topological polar surface area (TPSA) is 58.6 Å². The van der Waals surface area contributed by atoms with E-state index in [0.717, 1.165) is 19.7 Å². The maximum atomic E-state index is 12.8. The van der Waals surface area contributed by atoms with Crippen LogP contribution in [0.25, 0.3) is 0 Å². The maximum Gasteiger partial charge on any atom is 0.220 e. The zero-order valence-corrected chi connectivity index (χ0v) is 14.4. The van der Waals surface area contributed by atoms with Crippen LogP contribution in [0.3, 0.4) is 0 Å².